The van der Waals surface area contributed by atoms with Crippen LogP contribution in [-0.4, -0.2) is 83.0 Å². The maximum Gasteiger partial charge on any atom is 0.362 e. The highest BCUT2D eigenvalue weighted by molar-refractivity contribution is 7.84. The van der Waals surface area contributed by atoms with Crippen LogP contribution >= 0.6 is 0 Å². The Labute approximate surface area is 125 Å². The summed E-state index contributed by atoms with van der Waals surface area (Å²) in [4.78, 5) is 48.7. The van der Waals surface area contributed by atoms with Crippen molar-refractivity contribution in [3.63, 3.8) is 0 Å². The normalized spacial score (nSPS) is 22.7. The van der Waals surface area contributed by atoms with Gasteiger partial charge in [-0.25, -0.2) is 9.10 Å². The molecule has 0 aromatic rings. The van der Waals surface area contributed by atoms with Gasteiger partial charge in [-0.15, -0.1) is 0 Å². The Morgan fingerprint density at radius 3 is 2.41 bits per heavy atom. The largest absolute Gasteiger partial charge is 0.362 e. The zero-order chi connectivity index (χ0) is 16.7. The minimum atomic E-state index is -4.65. The molecule has 0 bridgehead atoms. The van der Waals surface area contributed by atoms with Gasteiger partial charge in [0.1, 0.15) is 6.04 Å². The second-order valence-electron chi connectivity index (χ2n) is 4.69. The summed E-state index contributed by atoms with van der Waals surface area (Å²) in [6.07, 6.45) is 0. The average molecular weight is 334 g/mol. The Balaban J connectivity index is 1.96. The minimum Gasteiger partial charge on any atom is -0.333 e. The lowest BCUT2D eigenvalue weighted by atomic mass is 10.1. The van der Waals surface area contributed by atoms with E-state index in [4.69, 9.17) is 4.55 Å². The fourth-order valence-electron chi connectivity index (χ4n) is 2.11. The van der Waals surface area contributed by atoms with Gasteiger partial charge in [0, 0.05) is 19.6 Å². The van der Waals surface area contributed by atoms with Gasteiger partial charge in [0.2, 0.25) is 0 Å². The van der Waals surface area contributed by atoms with Gasteiger partial charge in [0.15, 0.2) is 0 Å². The van der Waals surface area contributed by atoms with E-state index in [0.717, 1.165) is 0 Å². The molecule has 12 heteroatoms. The molecule has 5 amide bonds. The summed E-state index contributed by atoms with van der Waals surface area (Å²) < 4.78 is 30.4. The molecule has 2 N–H and O–H groups in total. The van der Waals surface area contributed by atoms with Crippen molar-refractivity contribution in [1.29, 1.82) is 0 Å². The smallest absolute Gasteiger partial charge is 0.333 e. The van der Waals surface area contributed by atoms with E-state index in [2.05, 4.69) is 5.32 Å². The number of imide groups is 1. The average Bonchev–Trinajstić information content (AvgIpc) is 2.43. The standard InChI is InChI=1S/C10H14N4O7S/c1-2-12-3-4-13(9(17)8(12)16)10(18)11-6-5-14(7(6)15)22(19,20)21/h6H,2-5H2,1H3,(H,11,18)(H,19,20,21). The number of β-lactam (4-membered cyclic amide) rings is 1. The summed E-state index contributed by atoms with van der Waals surface area (Å²) in [6, 6.07) is -2.12. The van der Waals surface area contributed by atoms with Gasteiger partial charge in [-0.1, -0.05) is 0 Å². The first-order valence-corrected chi connectivity index (χ1v) is 7.76. The Kier molecular flexibility index (Phi) is 4.06. The molecule has 0 aromatic carbocycles. The zero-order valence-electron chi connectivity index (χ0n) is 11.6. The van der Waals surface area contributed by atoms with Gasteiger partial charge >= 0.3 is 28.1 Å². The number of amides is 5. The van der Waals surface area contributed by atoms with Crippen LogP contribution in [0.1, 0.15) is 6.92 Å². The maximum absolute atomic E-state index is 11.9. The molecule has 11 nitrogen and oxygen atoms in total. The maximum atomic E-state index is 11.9. The van der Waals surface area contributed by atoms with E-state index >= 15 is 0 Å². The third-order valence-corrected chi connectivity index (χ3v) is 4.29. The van der Waals surface area contributed by atoms with Gasteiger partial charge in [-0.05, 0) is 6.92 Å². The molecule has 0 aliphatic carbocycles. The summed E-state index contributed by atoms with van der Waals surface area (Å²) >= 11 is 0. The molecule has 22 heavy (non-hydrogen) atoms. The van der Waals surface area contributed by atoms with Crippen LogP contribution in [0.3, 0.4) is 0 Å². The molecule has 2 heterocycles. The molecule has 122 valence electrons. The lowest BCUT2D eigenvalue weighted by Crippen LogP contribution is -2.68. The Morgan fingerprint density at radius 1 is 1.27 bits per heavy atom. The summed E-state index contributed by atoms with van der Waals surface area (Å²) in [7, 11) is -4.65. The van der Waals surface area contributed by atoms with Gasteiger partial charge in [-0.2, -0.15) is 8.42 Å². The number of hydrogen-bond donors (Lipinski definition) is 2. The number of rotatable bonds is 3. The van der Waals surface area contributed by atoms with E-state index in [1.807, 2.05) is 0 Å². The van der Waals surface area contributed by atoms with Gasteiger partial charge in [0.25, 0.3) is 5.91 Å². The molecule has 0 saturated carbocycles. The van der Waals surface area contributed by atoms with Crippen molar-refractivity contribution in [2.75, 3.05) is 26.2 Å². The van der Waals surface area contributed by atoms with Crippen molar-refractivity contribution < 1.29 is 32.1 Å². The van der Waals surface area contributed by atoms with Crippen LogP contribution in [0.4, 0.5) is 4.79 Å². The lowest BCUT2D eigenvalue weighted by molar-refractivity contribution is -0.153. The van der Waals surface area contributed by atoms with Gasteiger partial charge in [0.05, 0.1) is 6.54 Å². The molecule has 2 rings (SSSR count). The second-order valence-corrected chi connectivity index (χ2v) is 6.03. The number of piperazine rings is 1. The van der Waals surface area contributed by atoms with Crippen molar-refractivity contribution >= 4 is 34.1 Å². The summed E-state index contributed by atoms with van der Waals surface area (Å²) in [5, 5.41) is 2.15. The van der Waals surface area contributed by atoms with E-state index in [0.29, 0.717) is 11.4 Å². The summed E-state index contributed by atoms with van der Waals surface area (Å²) in [5.41, 5.74) is 0. The lowest BCUT2D eigenvalue weighted by Gasteiger charge is -2.37. The van der Waals surface area contributed by atoms with Crippen LogP contribution in [0.2, 0.25) is 0 Å². The third kappa shape index (κ3) is 2.74. The first-order chi connectivity index (χ1) is 10.2. The van der Waals surface area contributed by atoms with E-state index in [1.54, 1.807) is 6.92 Å². The number of urea groups is 1. The number of carbonyl (C=O) groups is 4. The molecule has 0 aromatic heterocycles. The van der Waals surface area contributed by atoms with Crippen molar-refractivity contribution in [1.82, 2.24) is 19.4 Å². The zero-order valence-corrected chi connectivity index (χ0v) is 12.4. The predicted octanol–water partition coefficient (Wildman–Crippen LogP) is -2.60. The van der Waals surface area contributed by atoms with Gasteiger partial charge in [-0.3, -0.25) is 23.8 Å². The molecular weight excluding hydrogens is 320 g/mol. The molecule has 2 aliphatic rings. The SMILES string of the molecule is CCN1CCN(C(=O)NC2CN(S(=O)(=O)O)C2=O)C(=O)C1=O. The highest BCUT2D eigenvalue weighted by Gasteiger charge is 2.46. The van der Waals surface area contributed by atoms with E-state index in [1.165, 1.54) is 4.90 Å². The summed E-state index contributed by atoms with van der Waals surface area (Å²) in [6.45, 7) is 1.76. The molecular formula is C10H14N4O7S. The number of likely N-dealkylation sites (N-methyl/N-ethyl adjacent to an activating group) is 1. The molecule has 2 saturated heterocycles. The third-order valence-electron chi connectivity index (χ3n) is 3.40. The van der Waals surface area contributed by atoms with Crippen molar-refractivity contribution in [3.8, 4) is 0 Å². The van der Waals surface area contributed by atoms with Crippen molar-refractivity contribution in [3.05, 3.63) is 0 Å². The topological polar surface area (TPSA) is 144 Å². The first kappa shape index (κ1) is 16.2. The van der Waals surface area contributed by atoms with Crippen LogP contribution in [0, 0.1) is 0 Å². The minimum absolute atomic E-state index is 0.0207. The summed E-state index contributed by atoms with van der Waals surface area (Å²) in [5.74, 6) is -2.84. The van der Waals surface area contributed by atoms with Crippen LogP contribution in [0.25, 0.3) is 0 Å². The number of nitrogens with zero attached hydrogens (tertiary/aromatic N) is 3. The Morgan fingerprint density at radius 2 is 1.91 bits per heavy atom. The molecule has 1 atom stereocenters. The highest BCUT2D eigenvalue weighted by Crippen LogP contribution is 2.15. The molecule has 2 fully saturated rings. The van der Waals surface area contributed by atoms with Gasteiger partial charge < -0.3 is 10.2 Å². The van der Waals surface area contributed by atoms with E-state index in [9.17, 15) is 27.6 Å². The van der Waals surface area contributed by atoms with Crippen LogP contribution < -0.4 is 5.32 Å². The Bertz CT molecular complexity index is 646. The van der Waals surface area contributed by atoms with Crippen LogP contribution in [-0.2, 0) is 24.7 Å². The second kappa shape index (κ2) is 5.53. The van der Waals surface area contributed by atoms with E-state index in [-0.39, 0.29) is 17.4 Å². The molecule has 1 unspecified atom stereocenters. The van der Waals surface area contributed by atoms with Crippen LogP contribution in [0.5, 0.6) is 0 Å². The fourth-order valence-corrected chi connectivity index (χ4v) is 2.80. The number of carbonyl (C=O) groups excluding carboxylic acids is 4. The quantitative estimate of drug-likeness (QED) is 0.327. The van der Waals surface area contributed by atoms with E-state index < -0.39 is 46.6 Å². The molecule has 2 aliphatic heterocycles. The van der Waals surface area contributed by atoms with Crippen molar-refractivity contribution in [2.45, 2.75) is 13.0 Å². The first-order valence-electron chi connectivity index (χ1n) is 6.37. The molecule has 0 radical (unpaired) electrons. The van der Waals surface area contributed by atoms with Crippen LogP contribution in [0.15, 0.2) is 0 Å². The Hall–Kier alpha value is -2.21. The number of nitrogens with one attached hydrogen (secondary N) is 1. The monoisotopic (exact) mass is 334 g/mol. The number of hydrogen-bond acceptors (Lipinski definition) is 6. The fraction of sp³-hybridized carbons (Fsp3) is 0.600. The molecule has 0 spiro atoms. The predicted molar refractivity (Wildman–Crippen MR) is 69.5 cm³/mol. The van der Waals surface area contributed by atoms with Crippen molar-refractivity contribution in [2.24, 2.45) is 0 Å². The highest BCUT2D eigenvalue weighted by atomic mass is 32.2.